The summed E-state index contributed by atoms with van der Waals surface area (Å²) in [6.45, 7) is 0. The van der Waals surface area contributed by atoms with Crippen LogP contribution in [0.2, 0.25) is 0 Å². The number of rotatable bonds is 3. The minimum absolute atomic E-state index is 0.778. The summed E-state index contributed by atoms with van der Waals surface area (Å²) in [5.74, 6) is 0. The summed E-state index contributed by atoms with van der Waals surface area (Å²) in [6.07, 6.45) is 6.09. The van der Waals surface area contributed by atoms with Crippen molar-refractivity contribution in [2.24, 2.45) is 7.05 Å². The molecule has 1 aromatic heterocycles. The monoisotopic (exact) mass is 439 g/mol. The van der Waals surface area contributed by atoms with E-state index in [1.165, 1.54) is 5.69 Å². The lowest BCUT2D eigenvalue weighted by atomic mass is 10.3. The molecule has 0 aliphatic carbocycles. The fourth-order valence-corrected chi connectivity index (χ4v) is 3.13. The summed E-state index contributed by atoms with van der Waals surface area (Å²) in [5, 5.41) is 0. The van der Waals surface area contributed by atoms with Crippen LogP contribution in [0.25, 0.3) is 9.81 Å². The normalized spacial score (nSPS) is 13.0. The van der Waals surface area contributed by atoms with E-state index in [-0.39, 0.29) is 0 Å². The zero-order chi connectivity index (χ0) is 21.1. The summed E-state index contributed by atoms with van der Waals surface area (Å²) in [6, 6.07) is 10.3. The van der Waals surface area contributed by atoms with Crippen LogP contribution in [0.3, 0.4) is 0 Å². The summed E-state index contributed by atoms with van der Waals surface area (Å²) in [4.78, 5) is 0. The van der Waals surface area contributed by atoms with E-state index >= 15 is 0 Å². The maximum atomic E-state index is 11.4. The van der Waals surface area contributed by atoms with E-state index in [2.05, 4.69) is 16.7 Å². The van der Waals surface area contributed by atoms with Crippen molar-refractivity contribution in [2.45, 2.75) is 11.0 Å². The molecule has 152 valence electrons. The van der Waals surface area contributed by atoms with Gasteiger partial charge in [-0.3, -0.25) is 0 Å². The quantitative estimate of drug-likeness (QED) is 0.542. The molecule has 1 heterocycles. The van der Waals surface area contributed by atoms with Crippen molar-refractivity contribution in [1.82, 2.24) is 4.57 Å². The lowest BCUT2D eigenvalue weighted by Crippen LogP contribution is -2.30. The highest BCUT2D eigenvalue weighted by Gasteiger charge is 2.46. The van der Waals surface area contributed by atoms with Crippen molar-refractivity contribution in [3.05, 3.63) is 53.2 Å². The molecule has 0 amide bonds. The van der Waals surface area contributed by atoms with Gasteiger partial charge in [0.1, 0.15) is 18.1 Å². The van der Waals surface area contributed by atoms with Gasteiger partial charge < -0.3 is 4.13 Å². The van der Waals surface area contributed by atoms with Gasteiger partial charge in [0.25, 0.3) is 0 Å². The number of imidazole rings is 1. The maximum absolute atomic E-state index is 11.4. The first kappa shape index (κ1) is 22.9. The Morgan fingerprint density at radius 1 is 0.889 bits per heavy atom. The van der Waals surface area contributed by atoms with E-state index in [4.69, 9.17) is 0 Å². The van der Waals surface area contributed by atoms with E-state index in [1.807, 2.05) is 48.5 Å². The van der Waals surface area contributed by atoms with Gasteiger partial charge in [0.2, 0.25) is 6.33 Å². The third kappa shape index (κ3) is 6.21. The third-order valence-corrected chi connectivity index (χ3v) is 5.34. The highest BCUT2D eigenvalue weighted by molar-refractivity contribution is 8.13. The van der Waals surface area contributed by atoms with Gasteiger partial charge in [0.15, 0.2) is 20.0 Å². The van der Waals surface area contributed by atoms with Crippen molar-refractivity contribution in [1.29, 1.82) is 0 Å². The number of hydrogen-bond donors (Lipinski definition) is 0. The number of aromatic nitrogens is 2. The van der Waals surface area contributed by atoms with E-state index < -0.39 is 31.1 Å². The Bertz CT molecular complexity index is 925. The summed E-state index contributed by atoms with van der Waals surface area (Å²) in [5.41, 5.74) is -11.2. The molecule has 1 aromatic carbocycles. The molecule has 2 rings (SSSR count). The van der Waals surface area contributed by atoms with E-state index in [0.29, 0.717) is 0 Å². The van der Waals surface area contributed by atoms with Gasteiger partial charge in [0.05, 0.1) is 7.05 Å². The van der Waals surface area contributed by atoms with Crippen LogP contribution >= 0.6 is 0 Å². The van der Waals surface area contributed by atoms with E-state index in [0.717, 1.165) is 4.13 Å². The van der Waals surface area contributed by atoms with Crippen molar-refractivity contribution in [3.8, 4) is 5.69 Å². The lowest BCUT2D eigenvalue weighted by Gasteiger charge is -2.22. The molecule has 2 aromatic rings. The fraction of sp³-hybridized carbons (Fsp3) is 0.250. The predicted molar refractivity (Wildman–Crippen MR) is 80.3 cm³/mol. The van der Waals surface area contributed by atoms with Crippen LogP contribution in [0.15, 0.2) is 49.1 Å². The smallest absolute Gasteiger partial charge is 0.421 e. The number of alkyl halides is 6. The molecule has 0 spiro atoms. The molecule has 0 aliphatic heterocycles. The molecular formula is C12H11F6N3O4S2. The predicted octanol–water partition coefficient (Wildman–Crippen LogP) is 2.36. The molecule has 0 N–H and O–H groups in total. The fourth-order valence-electron chi connectivity index (χ4n) is 1.42. The first-order valence-corrected chi connectivity index (χ1v) is 9.40. The van der Waals surface area contributed by atoms with Crippen molar-refractivity contribution in [3.63, 3.8) is 0 Å². The van der Waals surface area contributed by atoms with Gasteiger partial charge in [-0.05, 0) is 12.1 Å². The summed E-state index contributed by atoms with van der Waals surface area (Å²) in [7, 11) is -11.4. The summed E-state index contributed by atoms with van der Waals surface area (Å²) < 4.78 is 113. The number of para-hydroxylation sites is 1. The van der Waals surface area contributed by atoms with Gasteiger partial charge in [-0.15, -0.1) is 0 Å². The highest BCUT2D eigenvalue weighted by atomic mass is 32.3. The van der Waals surface area contributed by atoms with Crippen LogP contribution in [-0.2, 0) is 27.1 Å². The zero-order valence-corrected chi connectivity index (χ0v) is 14.8. The van der Waals surface area contributed by atoms with Gasteiger partial charge in [-0.25, -0.2) is 26.0 Å². The van der Waals surface area contributed by atoms with Crippen molar-refractivity contribution in [2.75, 3.05) is 0 Å². The van der Waals surface area contributed by atoms with Gasteiger partial charge >= 0.3 is 11.0 Å². The van der Waals surface area contributed by atoms with E-state index in [1.54, 1.807) is 0 Å². The largest absolute Gasteiger partial charge is 0.480 e. The van der Waals surface area contributed by atoms with Crippen LogP contribution in [0.5, 0.6) is 0 Å². The number of hydrogen-bond acceptors (Lipinski definition) is 4. The van der Waals surface area contributed by atoms with Crippen LogP contribution in [0.1, 0.15) is 0 Å². The molecule has 0 radical (unpaired) electrons. The van der Waals surface area contributed by atoms with Gasteiger partial charge in [-0.1, -0.05) is 18.2 Å². The number of halogens is 6. The number of sulfonamides is 2. The Morgan fingerprint density at radius 3 is 1.67 bits per heavy atom. The topological polar surface area (TPSA) is 91.2 Å². The van der Waals surface area contributed by atoms with Crippen LogP contribution in [0.4, 0.5) is 26.3 Å². The molecule has 0 unspecified atom stereocenters. The molecule has 0 saturated heterocycles. The molecule has 7 nitrogen and oxygen atoms in total. The Morgan fingerprint density at radius 2 is 1.33 bits per heavy atom. The van der Waals surface area contributed by atoms with Crippen LogP contribution in [-0.4, -0.2) is 32.4 Å². The Balaban J connectivity index is 0.000000274. The number of aryl methyl sites for hydroxylation is 1. The van der Waals surface area contributed by atoms with Gasteiger partial charge in [-0.2, -0.15) is 26.3 Å². The molecule has 0 bridgehead atoms. The molecule has 15 heteroatoms. The first-order valence-electron chi connectivity index (χ1n) is 6.52. The highest BCUT2D eigenvalue weighted by Crippen LogP contribution is 2.36. The second kappa shape index (κ2) is 7.85. The first-order chi connectivity index (χ1) is 12.1. The Hall–Kier alpha value is -2.13. The van der Waals surface area contributed by atoms with Crippen LogP contribution in [0, 0.1) is 0 Å². The lowest BCUT2D eigenvalue weighted by molar-refractivity contribution is -0.670. The molecule has 0 fully saturated rings. The Kier molecular flexibility index (Phi) is 6.66. The SMILES string of the molecule is C[n+]1ccn(-c2ccccc2)c1.O=S(=O)([N-]S(=O)(=O)C(F)(F)F)C(F)(F)F. The maximum Gasteiger partial charge on any atom is 0.480 e. The standard InChI is InChI=1S/C10H11N2.C2F6NO4S2/c1-11-7-8-12(9-11)10-5-3-2-4-6-10;3-1(4,5)14(10,11)9-15(12,13)2(6,7)8/h2-9H,1H3;/q+1;-1. The molecular weight excluding hydrogens is 428 g/mol. The molecule has 0 saturated carbocycles. The van der Waals surface area contributed by atoms with E-state index in [9.17, 15) is 43.2 Å². The zero-order valence-electron chi connectivity index (χ0n) is 13.2. The minimum atomic E-state index is -6.72. The molecule has 27 heavy (non-hydrogen) atoms. The number of nitrogens with zero attached hydrogens (tertiary/aromatic N) is 3. The average Bonchev–Trinajstić information content (AvgIpc) is 2.92. The van der Waals surface area contributed by atoms with Crippen molar-refractivity contribution >= 4 is 20.0 Å². The minimum Gasteiger partial charge on any atom is -0.421 e. The van der Waals surface area contributed by atoms with Gasteiger partial charge in [0, 0.05) is 0 Å². The second-order valence-electron chi connectivity index (χ2n) is 4.74. The number of benzene rings is 1. The van der Waals surface area contributed by atoms with Crippen LogP contribution < -0.4 is 4.57 Å². The average molecular weight is 439 g/mol. The second-order valence-corrected chi connectivity index (χ2v) is 8.16. The molecule has 0 atom stereocenters. The summed E-state index contributed by atoms with van der Waals surface area (Å²) >= 11 is 0. The third-order valence-electron chi connectivity index (χ3n) is 2.60. The Labute approximate surface area is 150 Å². The molecule has 0 aliphatic rings. The van der Waals surface area contributed by atoms with Crippen molar-refractivity contribution < 1.29 is 47.7 Å².